The number of para-hydroxylation sites is 2. The Bertz CT molecular complexity index is 762. The summed E-state index contributed by atoms with van der Waals surface area (Å²) in [5.74, 6) is 0.468. The minimum atomic E-state index is 0.0270. The summed E-state index contributed by atoms with van der Waals surface area (Å²) in [6, 6.07) is 18.2. The lowest BCUT2D eigenvalue weighted by Gasteiger charge is -2.40. The molecule has 112 valence electrons. The molecule has 5 rings (SSSR count). The molecular weight excluding hydrogens is 404 g/mol. The van der Waals surface area contributed by atoms with Gasteiger partial charge in [-0.25, -0.2) is 0 Å². The van der Waals surface area contributed by atoms with Gasteiger partial charge in [0.25, 0.3) is 0 Å². The predicted octanol–water partition coefficient (Wildman–Crippen LogP) is 4.51. The van der Waals surface area contributed by atoms with Gasteiger partial charge in [-0.15, -0.1) is 0 Å². The van der Waals surface area contributed by atoms with Crippen molar-refractivity contribution in [1.82, 2.24) is 0 Å². The summed E-state index contributed by atoms with van der Waals surface area (Å²) >= 11 is 8.13. The fourth-order valence-corrected chi connectivity index (χ4v) is 7.14. The Hall–Kier alpha value is -1.000. The van der Waals surface area contributed by atoms with Crippen molar-refractivity contribution in [3.05, 3.63) is 59.7 Å². The molecule has 2 heterocycles. The van der Waals surface area contributed by atoms with Crippen LogP contribution in [0.15, 0.2) is 48.5 Å². The molecule has 1 aliphatic carbocycles. The van der Waals surface area contributed by atoms with E-state index in [0.717, 1.165) is 6.42 Å². The molecule has 0 spiro atoms. The summed E-state index contributed by atoms with van der Waals surface area (Å²) in [6.45, 7) is 0. The summed E-state index contributed by atoms with van der Waals surface area (Å²) in [7, 11) is 0. The van der Waals surface area contributed by atoms with Crippen molar-refractivity contribution < 1.29 is 0 Å². The molecule has 1 saturated carbocycles. The quantitative estimate of drug-likeness (QED) is 0.613. The highest BCUT2D eigenvalue weighted by Crippen LogP contribution is 2.58. The van der Waals surface area contributed by atoms with Gasteiger partial charge in [-0.3, -0.25) is 0 Å². The topological polar surface area (TPSA) is 24.1 Å². The largest absolute Gasteiger partial charge is 0.380 e. The SMILES string of the molecule is BrC1[C@H]2Nc3ccccc3[C@@H]1[C@@H]1Nc3ccccc3C[C@]21Br. The Morgan fingerprint density at radius 3 is 2.45 bits per heavy atom. The summed E-state index contributed by atoms with van der Waals surface area (Å²) in [5.41, 5.74) is 5.38. The van der Waals surface area contributed by atoms with E-state index in [9.17, 15) is 0 Å². The Morgan fingerprint density at radius 1 is 0.909 bits per heavy atom. The zero-order valence-corrected chi connectivity index (χ0v) is 15.1. The highest BCUT2D eigenvalue weighted by atomic mass is 79.9. The molecule has 0 aromatic heterocycles. The molecular formula is C18H16Br2N2. The van der Waals surface area contributed by atoms with Crippen LogP contribution < -0.4 is 10.6 Å². The number of alkyl halides is 2. The molecule has 2 nitrogen and oxygen atoms in total. The van der Waals surface area contributed by atoms with Gasteiger partial charge in [0.1, 0.15) is 0 Å². The van der Waals surface area contributed by atoms with E-state index in [-0.39, 0.29) is 4.32 Å². The molecule has 0 amide bonds. The van der Waals surface area contributed by atoms with Crippen LogP contribution in [0.4, 0.5) is 11.4 Å². The minimum absolute atomic E-state index is 0.0270. The van der Waals surface area contributed by atoms with Crippen LogP contribution in [-0.2, 0) is 6.42 Å². The number of fused-ring (bicyclic) bond motifs is 8. The van der Waals surface area contributed by atoms with E-state index in [2.05, 4.69) is 91.0 Å². The van der Waals surface area contributed by atoms with Gasteiger partial charge in [-0.1, -0.05) is 68.3 Å². The van der Waals surface area contributed by atoms with Crippen LogP contribution in [0.3, 0.4) is 0 Å². The van der Waals surface area contributed by atoms with Crippen molar-refractivity contribution in [1.29, 1.82) is 0 Å². The van der Waals surface area contributed by atoms with E-state index in [1.54, 1.807) is 0 Å². The third-order valence-corrected chi connectivity index (χ3v) is 7.84. The number of nitrogens with one attached hydrogen (secondary N) is 2. The first-order chi connectivity index (χ1) is 10.7. The summed E-state index contributed by atoms with van der Waals surface area (Å²) in [6.07, 6.45) is 1.05. The second kappa shape index (κ2) is 4.51. The van der Waals surface area contributed by atoms with Crippen LogP contribution in [0, 0.1) is 0 Å². The number of anilines is 2. The number of benzene rings is 2. The van der Waals surface area contributed by atoms with Crippen LogP contribution in [0.2, 0.25) is 0 Å². The minimum Gasteiger partial charge on any atom is -0.380 e. The van der Waals surface area contributed by atoms with Gasteiger partial charge >= 0.3 is 0 Å². The van der Waals surface area contributed by atoms with Crippen molar-refractivity contribution >= 4 is 43.2 Å². The second-order valence-electron chi connectivity index (χ2n) is 6.56. The molecule has 4 heteroatoms. The molecule has 2 aliphatic heterocycles. The summed E-state index contributed by atoms with van der Waals surface area (Å²) < 4.78 is 0.0270. The summed E-state index contributed by atoms with van der Waals surface area (Å²) in [4.78, 5) is 0.425. The maximum atomic E-state index is 4.14. The first-order valence-electron chi connectivity index (χ1n) is 7.71. The smallest absolute Gasteiger partial charge is 0.0717 e. The van der Waals surface area contributed by atoms with E-state index < -0.39 is 0 Å². The van der Waals surface area contributed by atoms with Gasteiger partial charge in [0.15, 0.2) is 0 Å². The zero-order chi connectivity index (χ0) is 14.9. The van der Waals surface area contributed by atoms with Crippen molar-refractivity contribution in [3.63, 3.8) is 0 Å². The highest BCUT2D eigenvalue weighted by Gasteiger charge is 2.62. The maximum Gasteiger partial charge on any atom is 0.0717 e. The molecule has 2 bridgehead atoms. The first kappa shape index (κ1) is 13.4. The molecule has 2 aromatic rings. The van der Waals surface area contributed by atoms with Crippen molar-refractivity contribution in [2.75, 3.05) is 10.6 Å². The molecule has 22 heavy (non-hydrogen) atoms. The van der Waals surface area contributed by atoms with Gasteiger partial charge in [-0.2, -0.15) is 0 Å². The highest BCUT2D eigenvalue weighted by molar-refractivity contribution is 9.10. The molecule has 5 atom stereocenters. The molecule has 0 radical (unpaired) electrons. The van der Waals surface area contributed by atoms with Crippen LogP contribution in [0.25, 0.3) is 0 Å². The van der Waals surface area contributed by atoms with Gasteiger partial charge < -0.3 is 10.6 Å². The second-order valence-corrected chi connectivity index (χ2v) is 9.10. The van der Waals surface area contributed by atoms with Crippen LogP contribution in [0.5, 0.6) is 0 Å². The van der Waals surface area contributed by atoms with Gasteiger partial charge in [0, 0.05) is 22.1 Å². The Morgan fingerprint density at radius 2 is 1.59 bits per heavy atom. The molecule has 1 fully saturated rings. The lowest BCUT2D eigenvalue weighted by atomic mass is 9.84. The fourth-order valence-electron chi connectivity index (χ4n) is 4.49. The molecule has 2 aromatic carbocycles. The zero-order valence-electron chi connectivity index (χ0n) is 11.9. The third-order valence-electron chi connectivity index (χ3n) is 5.48. The molecule has 0 saturated heterocycles. The first-order valence-corrected chi connectivity index (χ1v) is 9.42. The lowest BCUT2D eigenvalue weighted by molar-refractivity contribution is 0.514. The lowest BCUT2D eigenvalue weighted by Crippen LogP contribution is -2.52. The Balaban J connectivity index is 1.68. The Labute approximate surface area is 146 Å². The number of halogens is 2. The van der Waals surface area contributed by atoms with Gasteiger partial charge in [0.05, 0.1) is 16.4 Å². The van der Waals surface area contributed by atoms with E-state index >= 15 is 0 Å². The van der Waals surface area contributed by atoms with Crippen LogP contribution in [-0.4, -0.2) is 21.2 Å². The standard InChI is InChI=1S/C18H16Br2N2/c19-15-14-11-6-2-4-8-13(11)22-17(15)18(20)9-10-5-1-3-7-12(10)21-16(14)18/h1-8,14-17,21-22H,9H2/t14-,15?,16-,17+,18+/m0/s1. The van der Waals surface area contributed by atoms with Crippen LogP contribution in [0.1, 0.15) is 17.0 Å². The predicted molar refractivity (Wildman–Crippen MR) is 98.5 cm³/mol. The monoisotopic (exact) mass is 418 g/mol. The van der Waals surface area contributed by atoms with E-state index in [4.69, 9.17) is 0 Å². The average Bonchev–Trinajstić information content (AvgIpc) is 2.67. The Kier molecular flexibility index (Phi) is 2.76. The van der Waals surface area contributed by atoms with E-state index in [0.29, 0.717) is 22.8 Å². The molecule has 1 unspecified atom stereocenters. The molecule has 3 aliphatic rings. The average molecular weight is 420 g/mol. The summed E-state index contributed by atoms with van der Waals surface area (Å²) in [5, 5.41) is 7.60. The fraction of sp³-hybridized carbons (Fsp3) is 0.333. The van der Waals surface area contributed by atoms with Crippen molar-refractivity contribution in [2.24, 2.45) is 0 Å². The van der Waals surface area contributed by atoms with Gasteiger partial charge in [-0.05, 0) is 29.7 Å². The van der Waals surface area contributed by atoms with E-state index in [1.165, 1.54) is 22.5 Å². The number of hydrogen-bond donors (Lipinski definition) is 2. The number of rotatable bonds is 0. The van der Waals surface area contributed by atoms with Gasteiger partial charge in [0.2, 0.25) is 0 Å². The normalized spacial score (nSPS) is 37.4. The van der Waals surface area contributed by atoms with Crippen LogP contribution >= 0.6 is 31.9 Å². The number of hydrogen-bond acceptors (Lipinski definition) is 2. The molecule has 2 N–H and O–H groups in total. The third kappa shape index (κ3) is 1.60. The van der Waals surface area contributed by atoms with E-state index in [1.807, 2.05) is 0 Å². The van der Waals surface area contributed by atoms with Crippen molar-refractivity contribution in [2.45, 2.75) is 33.6 Å². The van der Waals surface area contributed by atoms with Crippen molar-refractivity contribution in [3.8, 4) is 0 Å². The maximum absolute atomic E-state index is 4.14.